The fourth-order valence-electron chi connectivity index (χ4n) is 4.52. The maximum absolute atomic E-state index is 12.6. The first kappa shape index (κ1) is 17.7. The number of likely N-dealkylation sites (tertiary alicyclic amines) is 1. The second kappa shape index (κ2) is 6.80. The van der Waals surface area contributed by atoms with Crippen molar-refractivity contribution in [1.29, 1.82) is 0 Å². The van der Waals surface area contributed by atoms with Crippen molar-refractivity contribution in [2.75, 3.05) is 44.7 Å². The van der Waals surface area contributed by atoms with E-state index in [1.165, 1.54) is 18.4 Å². The lowest BCUT2D eigenvalue weighted by molar-refractivity contribution is -0.130. The van der Waals surface area contributed by atoms with Gasteiger partial charge < -0.3 is 9.80 Å². The second-order valence-electron chi connectivity index (χ2n) is 8.51. The smallest absolute Gasteiger partial charge is 0.222 e. The first-order valence-corrected chi connectivity index (χ1v) is 10.0. The lowest BCUT2D eigenvalue weighted by Crippen LogP contribution is -2.61. The Labute approximate surface area is 156 Å². The van der Waals surface area contributed by atoms with Gasteiger partial charge in [0.2, 0.25) is 5.91 Å². The molecule has 1 atom stereocenters. The van der Waals surface area contributed by atoms with E-state index in [2.05, 4.69) is 38.6 Å². The molecule has 6 nitrogen and oxygen atoms in total. The zero-order valence-corrected chi connectivity index (χ0v) is 16.4. The van der Waals surface area contributed by atoms with E-state index in [1.54, 1.807) is 6.33 Å². The highest BCUT2D eigenvalue weighted by Gasteiger charge is 2.43. The van der Waals surface area contributed by atoms with Gasteiger partial charge in [-0.25, -0.2) is 9.97 Å². The molecule has 1 saturated carbocycles. The van der Waals surface area contributed by atoms with Gasteiger partial charge in [0, 0.05) is 55.9 Å². The Bertz CT molecular complexity index is 689. The number of aryl methyl sites for hydroxylation is 1. The first-order valence-electron chi connectivity index (χ1n) is 10.0. The molecule has 3 aliphatic rings. The average Bonchev–Trinajstić information content (AvgIpc) is 3.46. The van der Waals surface area contributed by atoms with Crippen LogP contribution in [0, 0.1) is 19.8 Å². The number of likely N-dealkylation sites (N-methyl/N-ethyl adjacent to an activating group) is 1. The summed E-state index contributed by atoms with van der Waals surface area (Å²) in [5.41, 5.74) is 2.29. The minimum Gasteiger partial charge on any atom is -0.353 e. The molecule has 3 heterocycles. The SMILES string of the molecule is Cc1ncnc(N2CCN(C)[C@]3(CCC(=O)N(CC4CC4)CC3)C2)c1C. The van der Waals surface area contributed by atoms with Gasteiger partial charge in [0.05, 0.1) is 0 Å². The van der Waals surface area contributed by atoms with E-state index in [9.17, 15) is 4.79 Å². The highest BCUT2D eigenvalue weighted by atomic mass is 16.2. The summed E-state index contributed by atoms with van der Waals surface area (Å²) in [5, 5.41) is 0. The van der Waals surface area contributed by atoms with E-state index >= 15 is 0 Å². The second-order valence-corrected chi connectivity index (χ2v) is 8.51. The number of anilines is 1. The molecule has 1 aromatic rings. The number of rotatable bonds is 3. The Morgan fingerprint density at radius 2 is 1.96 bits per heavy atom. The van der Waals surface area contributed by atoms with Gasteiger partial charge in [-0.1, -0.05) is 0 Å². The van der Waals surface area contributed by atoms with Gasteiger partial charge in [0.1, 0.15) is 12.1 Å². The van der Waals surface area contributed by atoms with Crippen molar-refractivity contribution in [2.24, 2.45) is 5.92 Å². The van der Waals surface area contributed by atoms with E-state index in [1.807, 2.05) is 6.92 Å². The van der Waals surface area contributed by atoms with Crippen LogP contribution in [0.3, 0.4) is 0 Å². The van der Waals surface area contributed by atoms with Crippen LogP contribution in [-0.2, 0) is 4.79 Å². The number of nitrogens with zero attached hydrogens (tertiary/aromatic N) is 5. The van der Waals surface area contributed by atoms with Gasteiger partial charge in [-0.05, 0) is 52.5 Å². The number of hydrogen-bond donors (Lipinski definition) is 0. The lowest BCUT2D eigenvalue weighted by atomic mass is 9.86. The minimum absolute atomic E-state index is 0.0670. The largest absolute Gasteiger partial charge is 0.353 e. The molecule has 142 valence electrons. The van der Waals surface area contributed by atoms with Crippen molar-refractivity contribution in [3.05, 3.63) is 17.6 Å². The van der Waals surface area contributed by atoms with E-state index in [4.69, 9.17) is 0 Å². The number of hydrogen-bond acceptors (Lipinski definition) is 5. The number of amides is 1. The minimum atomic E-state index is 0.0670. The van der Waals surface area contributed by atoms with Crippen molar-refractivity contribution in [3.63, 3.8) is 0 Å². The van der Waals surface area contributed by atoms with E-state index < -0.39 is 0 Å². The molecule has 0 aromatic carbocycles. The van der Waals surface area contributed by atoms with Crippen LogP contribution < -0.4 is 4.90 Å². The standard InChI is InChI=1S/C20H31N5O/c1-15-16(2)21-14-22-19(15)25-11-10-23(3)20(13-25)7-6-18(26)24(9-8-20)12-17-4-5-17/h14,17H,4-13H2,1-3H3/t20-/m0/s1. The van der Waals surface area contributed by atoms with Gasteiger partial charge in [-0.2, -0.15) is 0 Å². The van der Waals surface area contributed by atoms with Crippen LogP contribution in [0.5, 0.6) is 0 Å². The Kier molecular flexibility index (Phi) is 4.63. The molecule has 1 spiro atoms. The highest BCUT2D eigenvalue weighted by Crippen LogP contribution is 2.36. The maximum Gasteiger partial charge on any atom is 0.222 e. The predicted molar refractivity (Wildman–Crippen MR) is 102 cm³/mol. The highest BCUT2D eigenvalue weighted by molar-refractivity contribution is 5.76. The Morgan fingerprint density at radius 3 is 2.73 bits per heavy atom. The van der Waals surface area contributed by atoms with Gasteiger partial charge in [0.25, 0.3) is 0 Å². The molecule has 1 aliphatic carbocycles. The van der Waals surface area contributed by atoms with Gasteiger partial charge in [-0.3, -0.25) is 9.69 Å². The molecule has 26 heavy (non-hydrogen) atoms. The normalized spacial score (nSPS) is 27.9. The summed E-state index contributed by atoms with van der Waals surface area (Å²) in [6, 6.07) is 0. The van der Waals surface area contributed by atoms with Crippen LogP contribution >= 0.6 is 0 Å². The fraction of sp³-hybridized carbons (Fsp3) is 0.750. The molecule has 2 aliphatic heterocycles. The van der Waals surface area contributed by atoms with Crippen molar-refractivity contribution in [2.45, 2.75) is 51.5 Å². The van der Waals surface area contributed by atoms with Crippen LogP contribution in [0.4, 0.5) is 5.82 Å². The summed E-state index contributed by atoms with van der Waals surface area (Å²) in [7, 11) is 2.23. The van der Waals surface area contributed by atoms with Gasteiger partial charge >= 0.3 is 0 Å². The Morgan fingerprint density at radius 1 is 1.15 bits per heavy atom. The van der Waals surface area contributed by atoms with Gasteiger partial charge in [-0.15, -0.1) is 0 Å². The molecule has 0 bridgehead atoms. The number of aromatic nitrogens is 2. The number of carbonyl (C=O) groups excluding carboxylic acids is 1. The molecular weight excluding hydrogens is 326 g/mol. The summed E-state index contributed by atoms with van der Waals surface area (Å²) >= 11 is 0. The zero-order chi connectivity index (χ0) is 18.3. The lowest BCUT2D eigenvalue weighted by Gasteiger charge is -2.50. The van der Waals surface area contributed by atoms with Crippen LogP contribution in [0.2, 0.25) is 0 Å². The molecule has 0 N–H and O–H groups in total. The fourth-order valence-corrected chi connectivity index (χ4v) is 4.52. The molecule has 2 saturated heterocycles. The average molecular weight is 358 g/mol. The number of piperazine rings is 1. The van der Waals surface area contributed by atoms with Crippen molar-refractivity contribution in [3.8, 4) is 0 Å². The molecular formula is C20H31N5O. The van der Waals surface area contributed by atoms with E-state index in [-0.39, 0.29) is 5.54 Å². The monoisotopic (exact) mass is 357 g/mol. The maximum atomic E-state index is 12.6. The summed E-state index contributed by atoms with van der Waals surface area (Å²) in [6.07, 6.45) is 6.96. The Balaban J connectivity index is 1.54. The van der Waals surface area contributed by atoms with Crippen molar-refractivity contribution in [1.82, 2.24) is 19.8 Å². The number of carbonyl (C=O) groups is 1. The van der Waals surface area contributed by atoms with Crippen molar-refractivity contribution >= 4 is 11.7 Å². The Hall–Kier alpha value is -1.69. The first-order chi connectivity index (χ1) is 12.5. The van der Waals surface area contributed by atoms with Crippen molar-refractivity contribution < 1.29 is 4.79 Å². The zero-order valence-electron chi connectivity index (χ0n) is 16.4. The summed E-state index contributed by atoms with van der Waals surface area (Å²) < 4.78 is 0. The summed E-state index contributed by atoms with van der Waals surface area (Å²) in [5.74, 6) is 2.18. The third-order valence-electron chi connectivity index (χ3n) is 6.79. The summed E-state index contributed by atoms with van der Waals surface area (Å²) in [6.45, 7) is 8.98. The van der Waals surface area contributed by atoms with Crippen LogP contribution in [-0.4, -0.2) is 71.0 Å². The quantitative estimate of drug-likeness (QED) is 0.828. The van der Waals surface area contributed by atoms with Crippen LogP contribution in [0.25, 0.3) is 0 Å². The molecule has 6 heteroatoms. The van der Waals surface area contributed by atoms with Crippen LogP contribution in [0.1, 0.15) is 43.4 Å². The molecule has 0 unspecified atom stereocenters. The summed E-state index contributed by atoms with van der Waals surface area (Å²) in [4.78, 5) is 28.6. The third-order valence-corrected chi connectivity index (χ3v) is 6.79. The molecule has 1 amide bonds. The van der Waals surface area contributed by atoms with E-state index in [0.717, 1.165) is 63.0 Å². The third kappa shape index (κ3) is 3.31. The van der Waals surface area contributed by atoms with Gasteiger partial charge in [0.15, 0.2) is 0 Å². The van der Waals surface area contributed by atoms with E-state index in [0.29, 0.717) is 12.3 Å². The molecule has 4 rings (SSSR count). The molecule has 3 fully saturated rings. The molecule has 0 radical (unpaired) electrons. The predicted octanol–water partition coefficient (Wildman–Crippen LogP) is 2.01. The van der Waals surface area contributed by atoms with Crippen LogP contribution in [0.15, 0.2) is 6.33 Å². The molecule has 1 aromatic heterocycles. The topological polar surface area (TPSA) is 52.6 Å².